The molecule has 2 rings (SSSR count). The summed E-state index contributed by atoms with van der Waals surface area (Å²) in [5, 5.41) is 4.28. The fraction of sp³-hybridized carbons (Fsp3) is 0.357. The molecule has 0 spiro atoms. The first kappa shape index (κ1) is 15.0. The molecular formula is C14H17BrFN3O. The Balaban J connectivity index is 2.13. The van der Waals surface area contributed by atoms with Crippen LogP contribution in [-0.2, 0) is 13.7 Å². The second kappa shape index (κ2) is 5.93. The quantitative estimate of drug-likeness (QED) is 0.928. The molecule has 0 aliphatic carbocycles. The van der Waals surface area contributed by atoms with Crippen LogP contribution in [0.4, 0.5) is 4.39 Å². The van der Waals surface area contributed by atoms with Gasteiger partial charge in [-0.1, -0.05) is 6.07 Å². The Morgan fingerprint density at radius 2 is 2.20 bits per heavy atom. The first-order chi connectivity index (χ1) is 9.40. The number of halogens is 2. The van der Waals surface area contributed by atoms with E-state index in [-0.39, 0.29) is 11.9 Å². The Morgan fingerprint density at radius 1 is 1.50 bits per heavy atom. The average molecular weight is 342 g/mol. The number of nitrogens with zero attached hydrogens (tertiary/aromatic N) is 2. The molecule has 4 nitrogen and oxygen atoms in total. The molecule has 0 radical (unpaired) electrons. The Bertz CT molecular complexity index is 625. The molecule has 108 valence electrons. The monoisotopic (exact) mass is 341 g/mol. The summed E-state index contributed by atoms with van der Waals surface area (Å²) < 4.78 is 22.1. The first-order valence-corrected chi connectivity index (χ1v) is 7.05. The van der Waals surface area contributed by atoms with Crippen LogP contribution >= 0.6 is 15.9 Å². The predicted molar refractivity (Wildman–Crippen MR) is 79.0 cm³/mol. The van der Waals surface area contributed by atoms with Crippen LogP contribution < -0.4 is 10.5 Å². The van der Waals surface area contributed by atoms with Gasteiger partial charge in [0, 0.05) is 24.7 Å². The largest absolute Gasteiger partial charge is 0.487 e. The molecule has 0 saturated carbocycles. The third-order valence-corrected chi connectivity index (χ3v) is 4.13. The maximum Gasteiger partial charge on any atom is 0.131 e. The lowest BCUT2D eigenvalue weighted by Crippen LogP contribution is -2.08. The molecule has 20 heavy (non-hydrogen) atoms. The van der Waals surface area contributed by atoms with Crippen LogP contribution in [0.3, 0.4) is 0 Å². The van der Waals surface area contributed by atoms with Crippen LogP contribution in [-0.4, -0.2) is 9.78 Å². The highest BCUT2D eigenvalue weighted by atomic mass is 79.9. The summed E-state index contributed by atoms with van der Waals surface area (Å²) >= 11 is 3.47. The molecule has 1 aromatic carbocycles. The van der Waals surface area contributed by atoms with Crippen molar-refractivity contribution in [2.45, 2.75) is 26.5 Å². The Hall–Kier alpha value is -1.40. The molecule has 0 aliphatic rings. The molecule has 1 aromatic heterocycles. The number of aromatic nitrogens is 2. The normalized spacial score (nSPS) is 12.5. The second-order valence-electron chi connectivity index (χ2n) is 4.73. The highest BCUT2D eigenvalue weighted by Crippen LogP contribution is 2.24. The summed E-state index contributed by atoms with van der Waals surface area (Å²) in [4.78, 5) is 0. The van der Waals surface area contributed by atoms with Crippen molar-refractivity contribution in [2.24, 2.45) is 12.8 Å². The van der Waals surface area contributed by atoms with Crippen LogP contribution in [0.15, 0.2) is 22.7 Å². The van der Waals surface area contributed by atoms with E-state index in [4.69, 9.17) is 10.5 Å². The number of benzene rings is 1. The highest BCUT2D eigenvalue weighted by Gasteiger charge is 2.12. The molecule has 1 atom stereocenters. The number of nitrogens with two attached hydrogens (primary N) is 1. The molecule has 6 heteroatoms. The smallest absolute Gasteiger partial charge is 0.131 e. The minimum atomic E-state index is -0.349. The van der Waals surface area contributed by atoms with Crippen molar-refractivity contribution < 1.29 is 9.13 Å². The van der Waals surface area contributed by atoms with Crippen LogP contribution in [0.1, 0.15) is 29.9 Å². The van der Waals surface area contributed by atoms with Crippen molar-refractivity contribution >= 4 is 15.9 Å². The Morgan fingerprint density at radius 3 is 2.70 bits per heavy atom. The van der Waals surface area contributed by atoms with Gasteiger partial charge in [-0.25, -0.2) is 4.39 Å². The van der Waals surface area contributed by atoms with Crippen molar-refractivity contribution in [3.05, 3.63) is 45.4 Å². The van der Waals surface area contributed by atoms with Crippen molar-refractivity contribution in [3.63, 3.8) is 0 Å². The van der Waals surface area contributed by atoms with Crippen LogP contribution in [0.5, 0.6) is 5.75 Å². The summed E-state index contributed by atoms with van der Waals surface area (Å²) in [6.45, 7) is 3.97. The van der Waals surface area contributed by atoms with E-state index in [2.05, 4.69) is 21.0 Å². The maximum absolute atomic E-state index is 13.8. The highest BCUT2D eigenvalue weighted by molar-refractivity contribution is 9.10. The molecule has 0 aliphatic heterocycles. The van der Waals surface area contributed by atoms with E-state index in [1.54, 1.807) is 23.7 Å². The van der Waals surface area contributed by atoms with E-state index in [9.17, 15) is 4.39 Å². The molecule has 0 saturated heterocycles. The van der Waals surface area contributed by atoms with Gasteiger partial charge in [-0.2, -0.15) is 5.10 Å². The zero-order valence-electron chi connectivity index (χ0n) is 11.7. The van der Waals surface area contributed by atoms with Crippen molar-refractivity contribution in [1.29, 1.82) is 0 Å². The van der Waals surface area contributed by atoms with Gasteiger partial charge in [0.25, 0.3) is 0 Å². The molecule has 0 fully saturated rings. The molecule has 2 N–H and O–H groups in total. The number of hydrogen-bond donors (Lipinski definition) is 1. The van der Waals surface area contributed by atoms with Gasteiger partial charge >= 0.3 is 0 Å². The van der Waals surface area contributed by atoms with Crippen molar-refractivity contribution in [2.75, 3.05) is 0 Å². The summed E-state index contributed by atoms with van der Waals surface area (Å²) in [5.74, 6) is 0.121. The third kappa shape index (κ3) is 3.02. The standard InChI is InChI=1S/C14H17BrFN3O/c1-8(17)11-5-4-10(6-12(11)16)20-7-13-14(15)9(2)18-19(13)3/h4-6,8H,7,17H2,1-3H3/t8-/m1/s1. The Kier molecular flexibility index (Phi) is 4.45. The number of aryl methyl sites for hydroxylation is 2. The van der Waals surface area contributed by atoms with E-state index >= 15 is 0 Å². The van der Waals surface area contributed by atoms with E-state index in [1.165, 1.54) is 6.07 Å². The lowest BCUT2D eigenvalue weighted by atomic mass is 10.1. The second-order valence-corrected chi connectivity index (χ2v) is 5.52. The lowest BCUT2D eigenvalue weighted by molar-refractivity contribution is 0.292. The molecule has 0 unspecified atom stereocenters. The van der Waals surface area contributed by atoms with Gasteiger partial charge < -0.3 is 10.5 Å². The van der Waals surface area contributed by atoms with Gasteiger partial charge in [-0.05, 0) is 35.8 Å². The van der Waals surface area contributed by atoms with Crippen LogP contribution in [0, 0.1) is 12.7 Å². The summed E-state index contributed by atoms with van der Waals surface area (Å²) in [6.07, 6.45) is 0. The van der Waals surface area contributed by atoms with Crippen LogP contribution in [0.2, 0.25) is 0 Å². The van der Waals surface area contributed by atoms with Crippen LogP contribution in [0.25, 0.3) is 0 Å². The van der Waals surface area contributed by atoms with E-state index in [0.29, 0.717) is 17.9 Å². The van der Waals surface area contributed by atoms with E-state index in [0.717, 1.165) is 15.9 Å². The van der Waals surface area contributed by atoms with Gasteiger partial charge in [0.15, 0.2) is 0 Å². The molecule has 0 amide bonds. The topological polar surface area (TPSA) is 53.1 Å². The molecule has 2 aromatic rings. The SMILES string of the molecule is Cc1nn(C)c(COc2ccc([C@@H](C)N)c(F)c2)c1Br. The first-order valence-electron chi connectivity index (χ1n) is 6.26. The zero-order valence-corrected chi connectivity index (χ0v) is 13.2. The fourth-order valence-corrected chi connectivity index (χ4v) is 2.41. The van der Waals surface area contributed by atoms with Crippen molar-refractivity contribution in [1.82, 2.24) is 9.78 Å². The fourth-order valence-electron chi connectivity index (χ4n) is 1.96. The van der Waals surface area contributed by atoms with E-state index < -0.39 is 0 Å². The average Bonchev–Trinajstić information content (AvgIpc) is 2.61. The van der Waals surface area contributed by atoms with Gasteiger partial charge in [0.1, 0.15) is 18.2 Å². The van der Waals surface area contributed by atoms with Gasteiger partial charge in [-0.3, -0.25) is 4.68 Å². The van der Waals surface area contributed by atoms with Crippen molar-refractivity contribution in [3.8, 4) is 5.75 Å². The maximum atomic E-state index is 13.8. The zero-order chi connectivity index (χ0) is 14.9. The minimum Gasteiger partial charge on any atom is -0.487 e. The molecular weight excluding hydrogens is 325 g/mol. The van der Waals surface area contributed by atoms with Gasteiger partial charge in [-0.15, -0.1) is 0 Å². The molecule has 1 heterocycles. The molecule has 0 bridgehead atoms. The summed E-state index contributed by atoms with van der Waals surface area (Å²) in [7, 11) is 1.84. The Labute approximate surface area is 125 Å². The van der Waals surface area contributed by atoms with Gasteiger partial charge in [0.2, 0.25) is 0 Å². The number of rotatable bonds is 4. The minimum absolute atomic E-state index is 0.314. The lowest BCUT2D eigenvalue weighted by Gasteiger charge is -2.11. The number of ether oxygens (including phenoxy) is 1. The summed E-state index contributed by atoms with van der Waals surface area (Å²) in [6, 6.07) is 4.39. The predicted octanol–water partition coefficient (Wildman–Crippen LogP) is 3.23. The summed E-state index contributed by atoms with van der Waals surface area (Å²) in [5.41, 5.74) is 7.95. The number of hydrogen-bond acceptors (Lipinski definition) is 3. The van der Waals surface area contributed by atoms with E-state index in [1.807, 2.05) is 14.0 Å². The van der Waals surface area contributed by atoms with Gasteiger partial charge in [0.05, 0.1) is 15.9 Å². The third-order valence-electron chi connectivity index (χ3n) is 3.10.